The van der Waals surface area contributed by atoms with E-state index in [0.29, 0.717) is 0 Å². The first kappa shape index (κ1) is 7.84. The van der Waals surface area contributed by atoms with E-state index in [-0.39, 0.29) is 0 Å². The molecule has 2 heterocycles. The quantitative estimate of drug-likeness (QED) is 0.568. The third-order valence-corrected chi connectivity index (χ3v) is 2.40. The van der Waals surface area contributed by atoms with Crippen LogP contribution in [0.25, 0.3) is 5.32 Å². The van der Waals surface area contributed by atoms with Gasteiger partial charge in [-0.2, -0.15) is 5.70 Å². The summed E-state index contributed by atoms with van der Waals surface area (Å²) in [6.45, 7) is 2.05. The Morgan fingerprint density at radius 2 is 2.17 bits per heavy atom. The highest BCUT2D eigenvalue weighted by Gasteiger charge is 2.03. The van der Waals surface area contributed by atoms with Gasteiger partial charge in [0.15, 0.2) is 0 Å². The molecular weight excluding hydrogens is 148 g/mol. The number of rotatable bonds is 1. The van der Waals surface area contributed by atoms with Gasteiger partial charge in [0.2, 0.25) is 0 Å². The zero-order chi connectivity index (χ0) is 8.23. The molecule has 0 unspecified atom stereocenters. The first-order valence-electron chi connectivity index (χ1n) is 4.86. The second kappa shape index (κ2) is 3.74. The second-order valence-electron chi connectivity index (χ2n) is 3.45. The van der Waals surface area contributed by atoms with Crippen LogP contribution in [0.3, 0.4) is 0 Å². The van der Waals surface area contributed by atoms with Crippen LogP contribution in [0.1, 0.15) is 32.1 Å². The summed E-state index contributed by atoms with van der Waals surface area (Å²) in [5.74, 6) is 0. The second-order valence-corrected chi connectivity index (χ2v) is 3.45. The van der Waals surface area contributed by atoms with Crippen LogP contribution >= 0.6 is 0 Å². The van der Waals surface area contributed by atoms with Crippen LogP contribution in [0.5, 0.6) is 0 Å². The van der Waals surface area contributed by atoms with E-state index < -0.39 is 0 Å². The fraction of sp³-hybridized carbons (Fsp3) is 0.700. The molecule has 0 aromatic carbocycles. The molecule has 0 aromatic heterocycles. The number of piperidine rings is 1. The summed E-state index contributed by atoms with van der Waals surface area (Å²) in [4.78, 5) is 4.41. The molecule has 1 saturated heterocycles. The van der Waals surface area contributed by atoms with Gasteiger partial charge in [0.1, 0.15) is 0 Å². The standard InChI is InChI=1S/C10H15N2/c1-2-6-11-9(4-1)8-10-5-3-7-12-10/h8H,1-7H2/q-1/b9-8+. The molecule has 66 valence electrons. The largest absolute Gasteiger partial charge is 0.688 e. The lowest BCUT2D eigenvalue weighted by Crippen LogP contribution is -1.99. The Hall–Kier alpha value is -0.790. The molecule has 2 aliphatic heterocycles. The minimum atomic E-state index is 1.03. The Labute approximate surface area is 73.8 Å². The van der Waals surface area contributed by atoms with Crippen molar-refractivity contribution in [3.05, 3.63) is 17.1 Å². The minimum absolute atomic E-state index is 1.03. The van der Waals surface area contributed by atoms with Crippen LogP contribution in [0, 0.1) is 0 Å². The summed E-state index contributed by atoms with van der Waals surface area (Å²) >= 11 is 0. The van der Waals surface area contributed by atoms with E-state index >= 15 is 0 Å². The molecule has 1 fully saturated rings. The first-order valence-corrected chi connectivity index (χ1v) is 4.86. The highest BCUT2D eigenvalue weighted by atomic mass is 14.9. The predicted octanol–water partition coefficient (Wildman–Crippen LogP) is 2.66. The lowest BCUT2D eigenvalue weighted by atomic mass is 10.1. The molecule has 12 heavy (non-hydrogen) atoms. The fourth-order valence-corrected chi connectivity index (χ4v) is 1.71. The summed E-state index contributed by atoms with van der Waals surface area (Å²) < 4.78 is 0. The number of hydrogen-bond donors (Lipinski definition) is 0. The van der Waals surface area contributed by atoms with Gasteiger partial charge in [-0.25, -0.2) is 0 Å². The van der Waals surface area contributed by atoms with Crippen molar-refractivity contribution in [3.63, 3.8) is 0 Å². The summed E-state index contributed by atoms with van der Waals surface area (Å²) in [5, 5.41) is 4.47. The number of aliphatic imine (C=N–C) groups is 1. The summed E-state index contributed by atoms with van der Waals surface area (Å²) in [5.41, 5.74) is 2.55. The van der Waals surface area contributed by atoms with Gasteiger partial charge in [-0.3, -0.25) is 4.99 Å². The molecule has 2 heteroatoms. The molecular formula is C10H15N2-. The van der Waals surface area contributed by atoms with Crippen molar-refractivity contribution in [3.8, 4) is 0 Å². The Morgan fingerprint density at radius 1 is 1.17 bits per heavy atom. The molecule has 0 aliphatic carbocycles. The third-order valence-electron chi connectivity index (χ3n) is 2.40. The molecule has 2 nitrogen and oxygen atoms in total. The van der Waals surface area contributed by atoms with Crippen LogP contribution in [-0.4, -0.2) is 18.8 Å². The van der Waals surface area contributed by atoms with Gasteiger partial charge >= 0.3 is 0 Å². The topological polar surface area (TPSA) is 26.5 Å². The molecule has 2 rings (SSSR count). The molecule has 0 amide bonds. The van der Waals surface area contributed by atoms with Crippen molar-refractivity contribution in [2.75, 3.05) is 13.1 Å². The normalized spacial score (nSPS) is 27.0. The number of nitrogens with zero attached hydrogens (tertiary/aromatic N) is 2. The summed E-state index contributed by atoms with van der Waals surface area (Å²) in [7, 11) is 0. The van der Waals surface area contributed by atoms with Crippen molar-refractivity contribution >= 4 is 5.71 Å². The van der Waals surface area contributed by atoms with Crippen LogP contribution in [0.2, 0.25) is 0 Å². The van der Waals surface area contributed by atoms with Crippen LogP contribution in [0.4, 0.5) is 0 Å². The van der Waals surface area contributed by atoms with E-state index in [2.05, 4.69) is 16.4 Å². The molecule has 0 bridgehead atoms. The highest BCUT2D eigenvalue weighted by molar-refractivity contribution is 5.96. The maximum atomic E-state index is 4.47. The smallest absolute Gasteiger partial charge is 0.0396 e. The van der Waals surface area contributed by atoms with Crippen molar-refractivity contribution < 1.29 is 0 Å². The lowest BCUT2D eigenvalue weighted by molar-refractivity contribution is 0.720. The molecule has 0 spiro atoms. The van der Waals surface area contributed by atoms with E-state index in [4.69, 9.17) is 0 Å². The van der Waals surface area contributed by atoms with Gasteiger partial charge in [0.05, 0.1) is 0 Å². The van der Waals surface area contributed by atoms with Crippen molar-refractivity contribution in [1.29, 1.82) is 0 Å². The lowest BCUT2D eigenvalue weighted by Gasteiger charge is -2.30. The SMILES string of the molecule is C(/C1=NCCC1)=C1/CCCC[N-]1. The summed E-state index contributed by atoms with van der Waals surface area (Å²) in [6, 6.07) is 0. The summed E-state index contributed by atoms with van der Waals surface area (Å²) in [6.07, 6.45) is 8.34. The molecule has 2 aliphatic rings. The van der Waals surface area contributed by atoms with Gasteiger partial charge in [0, 0.05) is 12.3 Å². The maximum Gasteiger partial charge on any atom is 0.0396 e. The van der Waals surface area contributed by atoms with Gasteiger partial charge < -0.3 is 5.32 Å². The molecule has 0 N–H and O–H groups in total. The average Bonchev–Trinajstić information content (AvgIpc) is 2.59. The molecule has 0 atom stereocenters. The van der Waals surface area contributed by atoms with Crippen molar-refractivity contribution in [2.45, 2.75) is 32.1 Å². The molecule has 0 saturated carbocycles. The average molecular weight is 163 g/mol. The van der Waals surface area contributed by atoms with Crippen LogP contribution < -0.4 is 0 Å². The van der Waals surface area contributed by atoms with E-state index in [0.717, 1.165) is 13.1 Å². The Bertz CT molecular complexity index is 208. The fourth-order valence-electron chi connectivity index (χ4n) is 1.71. The maximum absolute atomic E-state index is 4.47. The van der Waals surface area contributed by atoms with Crippen LogP contribution in [0.15, 0.2) is 16.8 Å². The minimum Gasteiger partial charge on any atom is -0.688 e. The van der Waals surface area contributed by atoms with Gasteiger partial charge in [-0.1, -0.05) is 18.9 Å². The number of allylic oxidation sites excluding steroid dienone is 2. The highest BCUT2D eigenvalue weighted by Crippen LogP contribution is 2.22. The zero-order valence-electron chi connectivity index (χ0n) is 7.42. The van der Waals surface area contributed by atoms with Crippen LogP contribution in [-0.2, 0) is 0 Å². The van der Waals surface area contributed by atoms with Gasteiger partial charge in [-0.05, 0) is 19.3 Å². The van der Waals surface area contributed by atoms with E-state index in [9.17, 15) is 0 Å². The van der Waals surface area contributed by atoms with E-state index in [1.807, 2.05) is 0 Å². The number of hydrogen-bond acceptors (Lipinski definition) is 1. The van der Waals surface area contributed by atoms with E-state index in [1.165, 1.54) is 43.5 Å². The third kappa shape index (κ3) is 1.87. The van der Waals surface area contributed by atoms with Gasteiger partial charge in [-0.15, -0.1) is 6.54 Å². The first-order chi connectivity index (χ1) is 5.95. The van der Waals surface area contributed by atoms with Crippen molar-refractivity contribution in [2.24, 2.45) is 4.99 Å². The molecule has 0 aromatic rings. The Kier molecular flexibility index (Phi) is 2.45. The van der Waals surface area contributed by atoms with Crippen molar-refractivity contribution in [1.82, 2.24) is 0 Å². The molecule has 0 radical (unpaired) electrons. The monoisotopic (exact) mass is 163 g/mol. The van der Waals surface area contributed by atoms with E-state index in [1.54, 1.807) is 0 Å². The zero-order valence-corrected chi connectivity index (χ0v) is 7.42. The Morgan fingerprint density at radius 3 is 2.83 bits per heavy atom. The predicted molar refractivity (Wildman–Crippen MR) is 51.7 cm³/mol. The van der Waals surface area contributed by atoms with Gasteiger partial charge in [0.25, 0.3) is 0 Å². The Balaban J connectivity index is 1.96.